The fourth-order valence-corrected chi connectivity index (χ4v) is 3.94. The molecule has 0 fully saturated rings. The third-order valence-corrected chi connectivity index (χ3v) is 5.56. The number of para-hydroxylation sites is 1. The van der Waals surface area contributed by atoms with Crippen molar-refractivity contribution in [1.82, 2.24) is 15.2 Å². The van der Waals surface area contributed by atoms with Crippen molar-refractivity contribution in [2.24, 2.45) is 0 Å². The number of hydrogen-bond acceptors (Lipinski definition) is 6. The molecule has 29 heavy (non-hydrogen) atoms. The molecule has 1 aliphatic rings. The molecule has 1 aliphatic heterocycles. The van der Waals surface area contributed by atoms with Gasteiger partial charge in [-0.05, 0) is 11.6 Å². The van der Waals surface area contributed by atoms with Crippen molar-refractivity contribution in [1.29, 1.82) is 0 Å². The minimum atomic E-state index is -0.359. The standard InChI is InChI=1S/C23H18N4OS/c1-3-9-16(10-4-1)15-29-23-25-22-20(26-27-23)18-13-7-8-14-19(18)24-21(28-22)17-11-5-2-6-12-17/h1-14,21,24H,15H2/t21-/m0/s1. The van der Waals surface area contributed by atoms with Crippen LogP contribution >= 0.6 is 11.8 Å². The van der Waals surface area contributed by atoms with Crippen LogP contribution in [0.25, 0.3) is 11.3 Å². The van der Waals surface area contributed by atoms with Gasteiger partial charge in [0.15, 0.2) is 11.9 Å². The van der Waals surface area contributed by atoms with Gasteiger partial charge in [0, 0.05) is 22.6 Å². The van der Waals surface area contributed by atoms with Gasteiger partial charge in [0.05, 0.1) is 0 Å². The van der Waals surface area contributed by atoms with E-state index in [0.717, 1.165) is 22.6 Å². The van der Waals surface area contributed by atoms with Gasteiger partial charge in [-0.25, -0.2) is 0 Å². The molecule has 5 nitrogen and oxygen atoms in total. The molecule has 0 spiro atoms. The van der Waals surface area contributed by atoms with Gasteiger partial charge in [-0.2, -0.15) is 4.98 Å². The van der Waals surface area contributed by atoms with Crippen LogP contribution in [0, 0.1) is 0 Å². The van der Waals surface area contributed by atoms with Gasteiger partial charge >= 0.3 is 0 Å². The van der Waals surface area contributed by atoms with Crippen LogP contribution < -0.4 is 10.1 Å². The molecule has 0 aliphatic carbocycles. The van der Waals surface area contributed by atoms with Crippen LogP contribution in [0.15, 0.2) is 90.1 Å². The van der Waals surface area contributed by atoms with E-state index >= 15 is 0 Å². The average Bonchev–Trinajstić information content (AvgIpc) is 2.95. The van der Waals surface area contributed by atoms with Crippen LogP contribution in [0.5, 0.6) is 5.88 Å². The van der Waals surface area contributed by atoms with Crippen LogP contribution in [0.3, 0.4) is 0 Å². The first-order valence-corrected chi connectivity index (χ1v) is 10.3. The van der Waals surface area contributed by atoms with Gasteiger partial charge in [0.25, 0.3) is 0 Å². The minimum absolute atomic E-state index is 0.359. The summed E-state index contributed by atoms with van der Waals surface area (Å²) in [4.78, 5) is 4.69. The first kappa shape index (κ1) is 17.7. The zero-order chi connectivity index (χ0) is 19.5. The first-order chi connectivity index (χ1) is 14.4. The number of anilines is 1. The van der Waals surface area contributed by atoms with Gasteiger partial charge < -0.3 is 10.1 Å². The molecule has 142 valence electrons. The molecule has 0 saturated heterocycles. The van der Waals surface area contributed by atoms with E-state index < -0.39 is 0 Å². The second-order valence-corrected chi connectivity index (χ2v) is 7.56. The van der Waals surface area contributed by atoms with E-state index in [-0.39, 0.29) is 6.23 Å². The van der Waals surface area contributed by atoms with Gasteiger partial charge in [0.2, 0.25) is 11.0 Å². The third kappa shape index (κ3) is 3.79. The van der Waals surface area contributed by atoms with Gasteiger partial charge in [-0.15, -0.1) is 10.2 Å². The molecule has 1 atom stereocenters. The predicted octanol–water partition coefficient (Wildman–Crippen LogP) is 5.33. The van der Waals surface area contributed by atoms with Crippen molar-refractivity contribution < 1.29 is 4.74 Å². The summed E-state index contributed by atoms with van der Waals surface area (Å²) in [5, 5.41) is 12.9. The minimum Gasteiger partial charge on any atom is -0.448 e. The summed E-state index contributed by atoms with van der Waals surface area (Å²) in [6.07, 6.45) is -0.359. The molecule has 0 saturated carbocycles. The van der Waals surface area contributed by atoms with E-state index in [0.29, 0.717) is 16.7 Å². The lowest BCUT2D eigenvalue weighted by Crippen LogP contribution is -2.17. The highest BCUT2D eigenvalue weighted by atomic mass is 32.2. The second kappa shape index (κ2) is 7.93. The van der Waals surface area contributed by atoms with E-state index in [1.165, 1.54) is 5.56 Å². The van der Waals surface area contributed by atoms with Crippen molar-refractivity contribution in [3.05, 3.63) is 96.1 Å². The second-order valence-electron chi connectivity index (χ2n) is 6.62. The van der Waals surface area contributed by atoms with Crippen LogP contribution in [0.1, 0.15) is 17.4 Å². The molecule has 4 aromatic rings. The SMILES string of the molecule is c1ccc(CSc2nnc3c(n2)O[C@@H](c2ccccc2)Nc2ccccc2-3)cc1. The molecule has 0 unspecified atom stereocenters. The van der Waals surface area contributed by atoms with E-state index in [1.807, 2.05) is 72.8 Å². The smallest absolute Gasteiger partial charge is 0.247 e. The molecule has 3 aromatic carbocycles. The monoisotopic (exact) mass is 398 g/mol. The largest absolute Gasteiger partial charge is 0.448 e. The van der Waals surface area contributed by atoms with E-state index in [9.17, 15) is 0 Å². The molecule has 0 bridgehead atoms. The number of aromatic nitrogens is 3. The lowest BCUT2D eigenvalue weighted by Gasteiger charge is -2.19. The maximum atomic E-state index is 6.28. The summed E-state index contributed by atoms with van der Waals surface area (Å²) in [5.74, 6) is 1.26. The summed E-state index contributed by atoms with van der Waals surface area (Å²) in [5.41, 5.74) is 4.76. The Morgan fingerprint density at radius 3 is 2.38 bits per heavy atom. The normalized spacial score (nSPS) is 14.7. The number of benzene rings is 3. The van der Waals surface area contributed by atoms with Gasteiger partial charge in [-0.3, -0.25) is 0 Å². The van der Waals surface area contributed by atoms with E-state index in [1.54, 1.807) is 11.8 Å². The zero-order valence-corrected chi connectivity index (χ0v) is 16.3. The van der Waals surface area contributed by atoms with Crippen molar-refractivity contribution in [2.75, 3.05) is 5.32 Å². The number of nitrogens with one attached hydrogen (secondary N) is 1. The zero-order valence-electron chi connectivity index (χ0n) is 15.5. The fraction of sp³-hybridized carbons (Fsp3) is 0.0870. The molecule has 0 radical (unpaired) electrons. The topological polar surface area (TPSA) is 59.9 Å². The van der Waals surface area contributed by atoms with Crippen LogP contribution in [-0.4, -0.2) is 15.2 Å². The molecule has 5 rings (SSSR count). The Morgan fingerprint density at radius 2 is 1.55 bits per heavy atom. The molecular formula is C23H18N4OS. The number of thioether (sulfide) groups is 1. The molecule has 1 aromatic heterocycles. The van der Waals surface area contributed by atoms with Crippen molar-refractivity contribution >= 4 is 17.4 Å². The van der Waals surface area contributed by atoms with Crippen LogP contribution in [-0.2, 0) is 5.75 Å². The Bertz CT molecular complexity index is 1120. The number of fused-ring (bicyclic) bond motifs is 3. The molecule has 0 amide bonds. The van der Waals surface area contributed by atoms with Crippen LogP contribution in [0.4, 0.5) is 5.69 Å². The molecule has 6 heteroatoms. The quantitative estimate of drug-likeness (QED) is 0.469. The summed E-state index contributed by atoms with van der Waals surface area (Å²) < 4.78 is 6.28. The van der Waals surface area contributed by atoms with Crippen molar-refractivity contribution in [3.8, 4) is 17.1 Å². The van der Waals surface area contributed by atoms with Crippen LogP contribution in [0.2, 0.25) is 0 Å². The van der Waals surface area contributed by atoms with Gasteiger partial charge in [0.1, 0.15) is 0 Å². The van der Waals surface area contributed by atoms with E-state index in [2.05, 4.69) is 27.6 Å². The number of ether oxygens (including phenoxy) is 1. The maximum Gasteiger partial charge on any atom is 0.247 e. The third-order valence-electron chi connectivity index (χ3n) is 4.65. The highest BCUT2D eigenvalue weighted by molar-refractivity contribution is 7.98. The highest BCUT2D eigenvalue weighted by Gasteiger charge is 2.25. The first-order valence-electron chi connectivity index (χ1n) is 9.36. The molecular weight excluding hydrogens is 380 g/mol. The number of hydrogen-bond donors (Lipinski definition) is 1. The molecule has 1 N–H and O–H groups in total. The van der Waals surface area contributed by atoms with Gasteiger partial charge in [-0.1, -0.05) is 90.6 Å². The predicted molar refractivity (Wildman–Crippen MR) is 115 cm³/mol. The van der Waals surface area contributed by atoms with Crippen molar-refractivity contribution in [3.63, 3.8) is 0 Å². The lowest BCUT2D eigenvalue weighted by molar-refractivity contribution is 0.225. The van der Waals surface area contributed by atoms with Crippen molar-refractivity contribution in [2.45, 2.75) is 17.1 Å². The summed E-state index contributed by atoms with van der Waals surface area (Å²) >= 11 is 1.55. The summed E-state index contributed by atoms with van der Waals surface area (Å²) in [6, 6.07) is 28.3. The fourth-order valence-electron chi connectivity index (χ4n) is 3.21. The Morgan fingerprint density at radius 1 is 0.828 bits per heavy atom. The Labute approximate surface area is 173 Å². The Hall–Kier alpha value is -3.38. The van der Waals surface area contributed by atoms with E-state index in [4.69, 9.17) is 9.72 Å². The number of rotatable bonds is 4. The highest BCUT2D eigenvalue weighted by Crippen LogP contribution is 2.39. The Kier molecular flexibility index (Phi) is 4.84. The Balaban J connectivity index is 1.50. The lowest BCUT2D eigenvalue weighted by atomic mass is 10.1. The summed E-state index contributed by atoms with van der Waals surface area (Å²) in [6.45, 7) is 0. The summed E-state index contributed by atoms with van der Waals surface area (Å²) in [7, 11) is 0. The maximum absolute atomic E-state index is 6.28. The average molecular weight is 398 g/mol. The number of nitrogens with zero attached hydrogens (tertiary/aromatic N) is 3. The molecule has 2 heterocycles.